The van der Waals surface area contributed by atoms with Gasteiger partial charge in [0.05, 0.1) is 0 Å². The summed E-state index contributed by atoms with van der Waals surface area (Å²) < 4.78 is 13.7. The molecule has 0 amide bonds. The third-order valence-corrected chi connectivity index (χ3v) is 8.05. The summed E-state index contributed by atoms with van der Waals surface area (Å²) in [6.07, 6.45) is 2.70. The van der Waals surface area contributed by atoms with Crippen molar-refractivity contribution in [2.75, 3.05) is 0 Å². The Balaban J connectivity index is 2.09. The number of hydrogen-bond donors (Lipinski definition) is 0. The molecule has 3 rings (SSSR count). The molecule has 1 fully saturated rings. The first-order chi connectivity index (χ1) is 13.2. The van der Waals surface area contributed by atoms with Crippen molar-refractivity contribution in [2.45, 2.75) is 65.5 Å². The number of carbonyl (C=O) groups excluding carboxylic acids is 2. The smallest absolute Gasteiger partial charge is 0.243 e. The van der Waals surface area contributed by atoms with Crippen LogP contribution in [0.2, 0.25) is 0 Å². The Morgan fingerprint density at radius 2 is 1.32 bits per heavy atom. The van der Waals surface area contributed by atoms with Crippen LogP contribution in [-0.4, -0.2) is 16.5 Å². The highest BCUT2D eigenvalue weighted by atomic mass is 31.1. The second-order valence-corrected chi connectivity index (χ2v) is 10.1. The lowest BCUT2D eigenvalue weighted by Crippen LogP contribution is -2.35. The standard InChI is InChI=1S/C24H28O3P/c1-15-13-18(4)21(19(5)14-15)23(26)28(27)24(11-6-7-12-24)22(25)20-16(2)9-8-10-17(20)3/h8-10,13-14H,6-7,11-12H2,1-5H3. The van der Waals surface area contributed by atoms with Gasteiger partial charge in [-0.05, 0) is 69.7 Å². The molecule has 0 aromatic heterocycles. The van der Waals surface area contributed by atoms with Crippen molar-refractivity contribution in [2.24, 2.45) is 0 Å². The van der Waals surface area contributed by atoms with Crippen LogP contribution >= 0.6 is 7.80 Å². The van der Waals surface area contributed by atoms with Gasteiger partial charge in [0, 0.05) is 11.1 Å². The normalized spacial score (nSPS) is 16.1. The highest BCUT2D eigenvalue weighted by Gasteiger charge is 2.50. The fourth-order valence-corrected chi connectivity index (χ4v) is 6.66. The first-order valence-corrected chi connectivity index (χ1v) is 11.2. The van der Waals surface area contributed by atoms with Crippen molar-refractivity contribution in [1.82, 2.24) is 0 Å². The molecular weight excluding hydrogens is 367 g/mol. The summed E-state index contributed by atoms with van der Waals surface area (Å²) in [7, 11) is -2.37. The number of aryl methyl sites for hydroxylation is 5. The molecular formula is C24H28O3P. The lowest BCUT2D eigenvalue weighted by atomic mass is 9.89. The van der Waals surface area contributed by atoms with Crippen molar-refractivity contribution < 1.29 is 14.2 Å². The van der Waals surface area contributed by atoms with E-state index in [1.54, 1.807) is 0 Å². The summed E-state index contributed by atoms with van der Waals surface area (Å²) in [5.41, 5.74) is 5.29. The molecule has 0 saturated heterocycles. The van der Waals surface area contributed by atoms with Gasteiger partial charge in [-0.25, -0.2) is 0 Å². The van der Waals surface area contributed by atoms with E-state index in [-0.39, 0.29) is 11.3 Å². The molecule has 147 valence electrons. The van der Waals surface area contributed by atoms with Gasteiger partial charge >= 0.3 is 0 Å². The van der Waals surface area contributed by atoms with Crippen LogP contribution in [0.3, 0.4) is 0 Å². The largest absolute Gasteiger partial charge is 0.293 e. The second-order valence-electron chi connectivity index (χ2n) is 8.21. The fraction of sp³-hybridized carbons (Fsp3) is 0.417. The number of Topliss-reactive ketones (excluding diaryl/α,β-unsaturated/α-hetero) is 1. The van der Waals surface area contributed by atoms with Crippen molar-refractivity contribution >= 4 is 19.1 Å². The summed E-state index contributed by atoms with van der Waals surface area (Å²) in [6.45, 7) is 9.56. The monoisotopic (exact) mass is 395 g/mol. The molecule has 1 atom stereocenters. The Bertz CT molecular complexity index is 938. The van der Waals surface area contributed by atoms with E-state index in [9.17, 15) is 14.2 Å². The second kappa shape index (κ2) is 7.72. The van der Waals surface area contributed by atoms with Crippen LogP contribution < -0.4 is 0 Å². The zero-order valence-corrected chi connectivity index (χ0v) is 18.3. The Morgan fingerprint density at radius 1 is 0.821 bits per heavy atom. The molecule has 0 N–H and O–H groups in total. The Kier molecular flexibility index (Phi) is 5.68. The van der Waals surface area contributed by atoms with Crippen LogP contribution in [0.5, 0.6) is 0 Å². The first-order valence-electron chi connectivity index (χ1n) is 9.89. The zero-order valence-electron chi connectivity index (χ0n) is 17.4. The average molecular weight is 395 g/mol. The zero-order chi connectivity index (χ0) is 20.6. The summed E-state index contributed by atoms with van der Waals surface area (Å²) in [5, 5.41) is -1.08. The molecule has 0 aliphatic heterocycles. The molecule has 1 radical (unpaired) electrons. The minimum absolute atomic E-state index is 0.113. The van der Waals surface area contributed by atoms with Crippen LogP contribution in [0.25, 0.3) is 0 Å². The van der Waals surface area contributed by atoms with Crippen LogP contribution in [0, 0.1) is 34.6 Å². The van der Waals surface area contributed by atoms with E-state index >= 15 is 0 Å². The van der Waals surface area contributed by atoms with E-state index in [4.69, 9.17) is 0 Å². The number of ketones is 1. The molecule has 3 nitrogen and oxygen atoms in total. The van der Waals surface area contributed by atoms with Gasteiger partial charge in [0.25, 0.3) is 0 Å². The molecule has 28 heavy (non-hydrogen) atoms. The number of benzene rings is 2. The van der Waals surface area contributed by atoms with E-state index < -0.39 is 13.0 Å². The molecule has 0 bridgehead atoms. The van der Waals surface area contributed by atoms with Crippen molar-refractivity contribution in [3.63, 3.8) is 0 Å². The number of carbonyl (C=O) groups is 2. The highest BCUT2D eigenvalue weighted by Crippen LogP contribution is 2.54. The lowest BCUT2D eigenvalue weighted by molar-refractivity contribution is 0.0930. The van der Waals surface area contributed by atoms with E-state index in [1.807, 2.05) is 65.0 Å². The summed E-state index contributed by atoms with van der Waals surface area (Å²) in [5.74, 6) is -0.113. The highest BCUT2D eigenvalue weighted by molar-refractivity contribution is 7.67. The Morgan fingerprint density at radius 3 is 1.82 bits per heavy atom. The van der Waals surface area contributed by atoms with Gasteiger partial charge in [0.1, 0.15) is 5.16 Å². The van der Waals surface area contributed by atoms with Gasteiger partial charge in [-0.3, -0.25) is 14.2 Å². The van der Waals surface area contributed by atoms with Gasteiger partial charge in [-0.15, -0.1) is 0 Å². The van der Waals surface area contributed by atoms with E-state index in [1.165, 1.54) is 0 Å². The SMILES string of the molecule is Cc1cc(C)c(C(=O)[P](=O)C2(C(=O)c3c(C)cccc3C)CCCC2)c(C)c1. The van der Waals surface area contributed by atoms with Crippen LogP contribution in [0.15, 0.2) is 30.3 Å². The molecule has 2 aromatic rings. The Hall–Kier alpha value is -2.12. The molecule has 0 heterocycles. The Labute approximate surface area is 168 Å². The minimum Gasteiger partial charge on any atom is -0.293 e. The molecule has 1 aliphatic rings. The average Bonchev–Trinajstić information content (AvgIpc) is 3.10. The molecule has 2 aromatic carbocycles. The summed E-state index contributed by atoms with van der Waals surface area (Å²) in [4.78, 5) is 27.0. The maximum atomic E-state index is 13.7. The quantitative estimate of drug-likeness (QED) is 0.435. The third kappa shape index (κ3) is 3.37. The van der Waals surface area contributed by atoms with Gasteiger partial charge < -0.3 is 0 Å². The van der Waals surface area contributed by atoms with Gasteiger partial charge in [0.2, 0.25) is 5.52 Å². The van der Waals surface area contributed by atoms with Gasteiger partial charge in [-0.2, -0.15) is 0 Å². The summed E-state index contributed by atoms with van der Waals surface area (Å²) >= 11 is 0. The van der Waals surface area contributed by atoms with Crippen molar-refractivity contribution in [1.29, 1.82) is 0 Å². The topological polar surface area (TPSA) is 51.2 Å². The van der Waals surface area contributed by atoms with E-state index in [0.29, 0.717) is 24.0 Å². The lowest BCUT2D eigenvalue weighted by Gasteiger charge is -2.27. The maximum absolute atomic E-state index is 13.7. The van der Waals surface area contributed by atoms with E-state index in [0.717, 1.165) is 40.7 Å². The van der Waals surface area contributed by atoms with Crippen molar-refractivity contribution in [3.8, 4) is 0 Å². The third-order valence-electron chi connectivity index (χ3n) is 6.03. The number of hydrogen-bond acceptors (Lipinski definition) is 3. The minimum atomic E-state index is -2.37. The van der Waals surface area contributed by atoms with Crippen LogP contribution in [0.1, 0.15) is 74.2 Å². The molecule has 1 aliphatic carbocycles. The molecule has 4 heteroatoms. The predicted molar refractivity (Wildman–Crippen MR) is 114 cm³/mol. The summed E-state index contributed by atoms with van der Waals surface area (Å²) in [6, 6.07) is 9.63. The maximum Gasteiger partial charge on any atom is 0.243 e. The van der Waals surface area contributed by atoms with E-state index in [2.05, 4.69) is 0 Å². The number of rotatable bonds is 5. The van der Waals surface area contributed by atoms with Crippen molar-refractivity contribution in [3.05, 3.63) is 69.3 Å². The molecule has 1 unspecified atom stereocenters. The fourth-order valence-electron chi connectivity index (χ4n) is 4.70. The van der Waals surface area contributed by atoms with Crippen LogP contribution in [0.4, 0.5) is 0 Å². The predicted octanol–water partition coefficient (Wildman–Crippen LogP) is 6.39. The van der Waals surface area contributed by atoms with Gasteiger partial charge in [0.15, 0.2) is 13.6 Å². The molecule has 1 saturated carbocycles. The van der Waals surface area contributed by atoms with Gasteiger partial charge in [-0.1, -0.05) is 48.7 Å². The first kappa shape index (κ1) is 20.6. The molecule has 0 spiro atoms. The van der Waals surface area contributed by atoms with Crippen LogP contribution in [-0.2, 0) is 4.57 Å².